The molecule has 2 aromatic heterocycles. The smallest absolute Gasteiger partial charge is 0.132 e. The summed E-state index contributed by atoms with van der Waals surface area (Å²) in [7, 11) is 0. The molecule has 0 aliphatic carbocycles. The molecular weight excluding hydrogens is 236 g/mol. The number of pyridine rings is 1. The second kappa shape index (κ2) is 5.34. The van der Waals surface area contributed by atoms with Crippen LogP contribution in [-0.2, 0) is 0 Å². The van der Waals surface area contributed by atoms with Crippen LogP contribution in [0.25, 0.3) is 11.3 Å². The Kier molecular flexibility index (Phi) is 3.40. The monoisotopic (exact) mass is 254 g/mol. The van der Waals surface area contributed by atoms with E-state index in [9.17, 15) is 0 Å². The number of hydrogen-bond donors (Lipinski definition) is 0. The largest absolute Gasteiger partial charge is 0.356 e. The molecule has 1 saturated heterocycles. The molecule has 0 amide bonds. The van der Waals surface area contributed by atoms with E-state index in [0.717, 1.165) is 36.0 Å². The Bertz CT molecular complexity index is 547. The molecule has 0 atom stereocenters. The maximum absolute atomic E-state index is 4.58. The number of hydrogen-bond acceptors (Lipinski definition) is 4. The molecule has 1 aliphatic rings. The van der Waals surface area contributed by atoms with Crippen LogP contribution in [0.3, 0.4) is 0 Å². The molecule has 0 saturated carbocycles. The van der Waals surface area contributed by atoms with Gasteiger partial charge in [-0.15, -0.1) is 0 Å². The van der Waals surface area contributed by atoms with Crippen LogP contribution in [0.5, 0.6) is 0 Å². The van der Waals surface area contributed by atoms with E-state index in [0.29, 0.717) is 0 Å². The molecule has 0 aromatic carbocycles. The predicted molar refractivity (Wildman–Crippen MR) is 76.1 cm³/mol. The van der Waals surface area contributed by atoms with Crippen LogP contribution in [0.1, 0.15) is 25.1 Å². The first-order valence-electron chi connectivity index (χ1n) is 6.84. The van der Waals surface area contributed by atoms with Crippen molar-refractivity contribution in [3.8, 4) is 11.3 Å². The SMILES string of the molecule is Cc1nc(-c2ccncc2)cc(N2CCCCC2)n1. The minimum Gasteiger partial charge on any atom is -0.356 e. The third kappa shape index (κ3) is 2.72. The highest BCUT2D eigenvalue weighted by molar-refractivity contribution is 5.62. The van der Waals surface area contributed by atoms with Gasteiger partial charge in [0, 0.05) is 37.1 Å². The Morgan fingerprint density at radius 3 is 2.47 bits per heavy atom. The summed E-state index contributed by atoms with van der Waals surface area (Å²) >= 11 is 0. The molecule has 3 rings (SSSR count). The zero-order valence-corrected chi connectivity index (χ0v) is 11.2. The van der Waals surface area contributed by atoms with Crippen LogP contribution in [0.15, 0.2) is 30.6 Å². The van der Waals surface area contributed by atoms with Crippen molar-refractivity contribution in [3.63, 3.8) is 0 Å². The lowest BCUT2D eigenvalue weighted by molar-refractivity contribution is 0.572. The molecule has 2 aromatic rings. The van der Waals surface area contributed by atoms with Gasteiger partial charge in [-0.3, -0.25) is 4.98 Å². The molecule has 0 bridgehead atoms. The van der Waals surface area contributed by atoms with Gasteiger partial charge in [-0.25, -0.2) is 9.97 Å². The first-order chi connectivity index (χ1) is 9.33. The van der Waals surface area contributed by atoms with E-state index in [-0.39, 0.29) is 0 Å². The quantitative estimate of drug-likeness (QED) is 0.826. The zero-order valence-electron chi connectivity index (χ0n) is 11.2. The maximum atomic E-state index is 4.58. The number of rotatable bonds is 2. The lowest BCUT2D eigenvalue weighted by Crippen LogP contribution is -2.30. The van der Waals surface area contributed by atoms with Gasteiger partial charge in [0.15, 0.2) is 0 Å². The fourth-order valence-corrected chi connectivity index (χ4v) is 2.51. The average molecular weight is 254 g/mol. The average Bonchev–Trinajstić information content (AvgIpc) is 2.48. The van der Waals surface area contributed by atoms with Crippen molar-refractivity contribution in [2.45, 2.75) is 26.2 Å². The third-order valence-electron chi connectivity index (χ3n) is 3.48. The van der Waals surface area contributed by atoms with E-state index in [1.807, 2.05) is 19.1 Å². The van der Waals surface area contributed by atoms with Crippen molar-refractivity contribution in [1.29, 1.82) is 0 Å². The van der Waals surface area contributed by atoms with Gasteiger partial charge in [0.25, 0.3) is 0 Å². The zero-order chi connectivity index (χ0) is 13.1. The molecule has 1 aliphatic heterocycles. The molecule has 0 unspecified atom stereocenters. The van der Waals surface area contributed by atoms with Crippen LogP contribution in [0.2, 0.25) is 0 Å². The minimum atomic E-state index is 0.829. The Morgan fingerprint density at radius 2 is 1.74 bits per heavy atom. The van der Waals surface area contributed by atoms with Crippen LogP contribution < -0.4 is 4.90 Å². The molecule has 0 radical (unpaired) electrons. The van der Waals surface area contributed by atoms with Gasteiger partial charge in [0.2, 0.25) is 0 Å². The highest BCUT2D eigenvalue weighted by atomic mass is 15.2. The number of piperidine rings is 1. The molecule has 4 nitrogen and oxygen atoms in total. The van der Waals surface area contributed by atoms with Crippen molar-refractivity contribution in [1.82, 2.24) is 15.0 Å². The Labute approximate surface area is 113 Å². The van der Waals surface area contributed by atoms with Crippen LogP contribution >= 0.6 is 0 Å². The minimum absolute atomic E-state index is 0.829. The summed E-state index contributed by atoms with van der Waals surface area (Å²) in [5, 5.41) is 0. The second-order valence-electron chi connectivity index (χ2n) is 4.94. The number of anilines is 1. The van der Waals surface area contributed by atoms with Crippen molar-refractivity contribution in [3.05, 3.63) is 36.4 Å². The maximum Gasteiger partial charge on any atom is 0.132 e. The number of aromatic nitrogens is 3. The van der Waals surface area contributed by atoms with Crippen LogP contribution in [-0.4, -0.2) is 28.0 Å². The van der Waals surface area contributed by atoms with Crippen molar-refractivity contribution >= 4 is 5.82 Å². The number of aryl methyl sites for hydroxylation is 1. The van der Waals surface area contributed by atoms with E-state index < -0.39 is 0 Å². The molecular formula is C15H18N4. The topological polar surface area (TPSA) is 41.9 Å². The molecule has 0 spiro atoms. The van der Waals surface area contributed by atoms with Crippen LogP contribution in [0.4, 0.5) is 5.82 Å². The fraction of sp³-hybridized carbons (Fsp3) is 0.400. The van der Waals surface area contributed by atoms with Gasteiger partial charge in [-0.1, -0.05) is 0 Å². The van der Waals surface area contributed by atoms with Crippen molar-refractivity contribution < 1.29 is 0 Å². The van der Waals surface area contributed by atoms with Gasteiger partial charge < -0.3 is 4.90 Å². The summed E-state index contributed by atoms with van der Waals surface area (Å²) in [6.45, 7) is 4.16. The predicted octanol–water partition coefficient (Wildman–Crippen LogP) is 2.84. The normalized spacial score (nSPS) is 15.5. The van der Waals surface area contributed by atoms with Gasteiger partial charge in [0.05, 0.1) is 5.69 Å². The van der Waals surface area contributed by atoms with Gasteiger partial charge in [-0.2, -0.15) is 0 Å². The van der Waals surface area contributed by atoms with Gasteiger partial charge in [0.1, 0.15) is 11.6 Å². The van der Waals surface area contributed by atoms with Crippen molar-refractivity contribution in [2.24, 2.45) is 0 Å². The van der Waals surface area contributed by atoms with Crippen molar-refractivity contribution in [2.75, 3.05) is 18.0 Å². The molecule has 1 fully saturated rings. The Hall–Kier alpha value is -1.97. The third-order valence-corrected chi connectivity index (χ3v) is 3.48. The fourth-order valence-electron chi connectivity index (χ4n) is 2.51. The van der Waals surface area contributed by atoms with E-state index in [2.05, 4.69) is 25.9 Å². The lowest BCUT2D eigenvalue weighted by Gasteiger charge is -2.28. The highest BCUT2D eigenvalue weighted by Gasteiger charge is 2.14. The molecule has 19 heavy (non-hydrogen) atoms. The first kappa shape index (κ1) is 12.1. The van der Waals surface area contributed by atoms with Crippen LogP contribution in [0, 0.1) is 6.92 Å². The molecule has 4 heteroatoms. The molecule has 3 heterocycles. The Morgan fingerprint density at radius 1 is 1.00 bits per heavy atom. The van der Waals surface area contributed by atoms with E-state index in [1.165, 1.54) is 19.3 Å². The number of nitrogens with zero attached hydrogens (tertiary/aromatic N) is 4. The lowest BCUT2D eigenvalue weighted by atomic mass is 10.1. The molecule has 0 N–H and O–H groups in total. The summed E-state index contributed by atoms with van der Waals surface area (Å²) < 4.78 is 0. The summed E-state index contributed by atoms with van der Waals surface area (Å²) in [6.07, 6.45) is 7.44. The van der Waals surface area contributed by atoms with E-state index in [4.69, 9.17) is 0 Å². The Balaban J connectivity index is 1.96. The summed E-state index contributed by atoms with van der Waals surface area (Å²) in [5.41, 5.74) is 2.08. The standard InChI is InChI=1S/C15H18N4/c1-12-17-14(13-5-7-16-8-6-13)11-15(18-12)19-9-3-2-4-10-19/h5-8,11H,2-4,9-10H2,1H3. The molecule has 98 valence electrons. The van der Waals surface area contributed by atoms with Gasteiger partial charge in [-0.05, 0) is 38.3 Å². The summed E-state index contributed by atoms with van der Waals surface area (Å²) in [4.78, 5) is 15.5. The van der Waals surface area contributed by atoms with E-state index >= 15 is 0 Å². The first-order valence-corrected chi connectivity index (χ1v) is 6.84. The summed E-state index contributed by atoms with van der Waals surface area (Å²) in [6, 6.07) is 6.07. The van der Waals surface area contributed by atoms with E-state index in [1.54, 1.807) is 12.4 Å². The van der Waals surface area contributed by atoms with Gasteiger partial charge >= 0.3 is 0 Å². The summed E-state index contributed by atoms with van der Waals surface area (Å²) in [5.74, 6) is 1.88. The highest BCUT2D eigenvalue weighted by Crippen LogP contribution is 2.23. The second-order valence-corrected chi connectivity index (χ2v) is 4.94.